The van der Waals surface area contributed by atoms with Crippen molar-refractivity contribution in [3.05, 3.63) is 11.1 Å². The molecule has 0 unspecified atom stereocenters. The normalized spacial score (nSPS) is 18.4. The number of aliphatic hydroxyl groups is 1. The van der Waals surface area contributed by atoms with Gasteiger partial charge in [0.2, 0.25) is 0 Å². The summed E-state index contributed by atoms with van der Waals surface area (Å²) in [4.78, 5) is 4.24. The molecule has 2 heterocycles. The average Bonchev–Trinajstić information content (AvgIpc) is 2.67. The van der Waals surface area contributed by atoms with Gasteiger partial charge >= 0.3 is 0 Å². The largest absolute Gasteiger partial charge is 0.390 e. The summed E-state index contributed by atoms with van der Waals surface area (Å²) in [6.07, 6.45) is 2.07. The Morgan fingerprint density at radius 2 is 2.36 bits per heavy atom. The third-order valence-electron chi connectivity index (χ3n) is 2.26. The van der Waals surface area contributed by atoms with Gasteiger partial charge in [-0.3, -0.25) is 0 Å². The summed E-state index contributed by atoms with van der Waals surface area (Å²) in [5, 5.41) is 15.0. The van der Waals surface area contributed by atoms with Crippen molar-refractivity contribution in [1.82, 2.24) is 4.98 Å². The summed E-state index contributed by atoms with van der Waals surface area (Å²) >= 11 is 1.54. The molecule has 1 aromatic heterocycles. The maximum atomic E-state index is 8.85. The van der Waals surface area contributed by atoms with E-state index in [0.717, 1.165) is 36.9 Å². The van der Waals surface area contributed by atoms with Crippen LogP contribution in [0.4, 0.5) is 5.13 Å². The van der Waals surface area contributed by atoms with Crippen LogP contribution in [0.15, 0.2) is 5.38 Å². The van der Waals surface area contributed by atoms with Crippen molar-refractivity contribution in [1.29, 1.82) is 0 Å². The number of hydrogen-bond donors (Lipinski definition) is 2. The van der Waals surface area contributed by atoms with Gasteiger partial charge in [-0.05, 0) is 12.8 Å². The van der Waals surface area contributed by atoms with E-state index in [4.69, 9.17) is 9.84 Å². The molecule has 14 heavy (non-hydrogen) atoms. The third-order valence-corrected chi connectivity index (χ3v) is 3.08. The summed E-state index contributed by atoms with van der Waals surface area (Å²) in [6, 6.07) is 0.474. The van der Waals surface area contributed by atoms with Crippen LogP contribution in [-0.4, -0.2) is 29.3 Å². The van der Waals surface area contributed by atoms with Gasteiger partial charge < -0.3 is 15.2 Å². The molecule has 1 saturated heterocycles. The molecule has 1 aliphatic rings. The van der Waals surface area contributed by atoms with E-state index in [-0.39, 0.29) is 6.61 Å². The molecular formula is C9H14N2O2S. The fourth-order valence-corrected chi connectivity index (χ4v) is 2.24. The van der Waals surface area contributed by atoms with Crippen LogP contribution in [0.25, 0.3) is 0 Å². The second-order valence-corrected chi connectivity index (χ2v) is 4.19. The van der Waals surface area contributed by atoms with Gasteiger partial charge in [0.05, 0.1) is 12.3 Å². The zero-order valence-electron chi connectivity index (χ0n) is 7.90. The predicted octanol–water partition coefficient (Wildman–Crippen LogP) is 1.23. The quantitative estimate of drug-likeness (QED) is 0.794. The highest BCUT2D eigenvalue weighted by molar-refractivity contribution is 7.13. The lowest BCUT2D eigenvalue weighted by Crippen LogP contribution is -2.27. The fraction of sp³-hybridized carbons (Fsp3) is 0.667. The Bertz CT molecular complexity index is 284. The number of ether oxygens (including phenoxy) is 1. The Balaban J connectivity index is 1.89. The molecule has 78 valence electrons. The number of aromatic nitrogens is 1. The summed E-state index contributed by atoms with van der Waals surface area (Å²) in [5.74, 6) is 0. The number of thiazole rings is 1. The lowest BCUT2D eigenvalue weighted by Gasteiger charge is -2.22. The molecule has 2 rings (SSSR count). The van der Waals surface area contributed by atoms with Gasteiger partial charge in [-0.2, -0.15) is 0 Å². The van der Waals surface area contributed by atoms with Crippen LogP contribution in [0.2, 0.25) is 0 Å². The summed E-state index contributed by atoms with van der Waals surface area (Å²) in [7, 11) is 0. The topological polar surface area (TPSA) is 54.4 Å². The van der Waals surface area contributed by atoms with Crippen LogP contribution in [-0.2, 0) is 11.3 Å². The lowest BCUT2D eigenvalue weighted by molar-refractivity contribution is 0.0904. The van der Waals surface area contributed by atoms with Crippen molar-refractivity contribution < 1.29 is 9.84 Å². The van der Waals surface area contributed by atoms with Crippen molar-refractivity contribution >= 4 is 16.5 Å². The molecule has 2 N–H and O–H groups in total. The maximum absolute atomic E-state index is 8.85. The number of hydrogen-bond acceptors (Lipinski definition) is 5. The second-order valence-electron chi connectivity index (χ2n) is 3.33. The van der Waals surface area contributed by atoms with Gasteiger partial charge in [0.15, 0.2) is 5.13 Å². The summed E-state index contributed by atoms with van der Waals surface area (Å²) in [6.45, 7) is 1.68. The highest BCUT2D eigenvalue weighted by atomic mass is 32.1. The molecule has 0 spiro atoms. The van der Waals surface area contributed by atoms with Gasteiger partial charge in [-0.15, -0.1) is 11.3 Å². The Morgan fingerprint density at radius 3 is 3.00 bits per heavy atom. The fourth-order valence-electron chi connectivity index (χ4n) is 1.46. The Labute approximate surface area is 86.9 Å². The van der Waals surface area contributed by atoms with E-state index in [9.17, 15) is 0 Å². The molecule has 0 atom stereocenters. The molecule has 1 aromatic rings. The smallest absolute Gasteiger partial charge is 0.183 e. The number of nitrogens with one attached hydrogen (secondary N) is 1. The van der Waals surface area contributed by atoms with Crippen molar-refractivity contribution in [2.24, 2.45) is 0 Å². The van der Waals surface area contributed by atoms with Gasteiger partial charge in [-0.1, -0.05) is 0 Å². The summed E-state index contributed by atoms with van der Waals surface area (Å²) < 4.78 is 5.27. The number of nitrogens with zero attached hydrogens (tertiary/aromatic N) is 1. The third kappa shape index (κ3) is 2.43. The van der Waals surface area contributed by atoms with Crippen LogP contribution in [0.5, 0.6) is 0 Å². The molecule has 0 bridgehead atoms. The van der Waals surface area contributed by atoms with E-state index < -0.39 is 0 Å². The first-order valence-corrected chi connectivity index (χ1v) is 5.66. The van der Waals surface area contributed by atoms with E-state index in [2.05, 4.69) is 10.3 Å². The number of aliphatic hydroxyl groups excluding tert-OH is 1. The highest BCUT2D eigenvalue weighted by Crippen LogP contribution is 2.19. The minimum atomic E-state index is 0.0198. The molecule has 0 aliphatic carbocycles. The van der Waals surface area contributed by atoms with Crippen LogP contribution < -0.4 is 5.32 Å². The van der Waals surface area contributed by atoms with Crippen molar-refractivity contribution in [3.8, 4) is 0 Å². The molecule has 4 nitrogen and oxygen atoms in total. The monoisotopic (exact) mass is 214 g/mol. The SMILES string of the molecule is OCc1csc(NC2CCOCC2)n1. The van der Waals surface area contributed by atoms with E-state index in [1.54, 1.807) is 11.3 Å². The van der Waals surface area contributed by atoms with E-state index >= 15 is 0 Å². The molecule has 0 amide bonds. The standard InChI is InChI=1S/C9H14N2O2S/c12-5-8-6-14-9(11-8)10-7-1-3-13-4-2-7/h6-7,12H,1-5H2,(H,10,11). The highest BCUT2D eigenvalue weighted by Gasteiger charge is 2.14. The lowest BCUT2D eigenvalue weighted by atomic mass is 10.1. The molecule has 1 aliphatic heterocycles. The predicted molar refractivity (Wildman–Crippen MR) is 55.5 cm³/mol. The van der Waals surface area contributed by atoms with Gasteiger partial charge in [-0.25, -0.2) is 4.98 Å². The zero-order chi connectivity index (χ0) is 9.80. The Hall–Kier alpha value is -0.650. The molecule has 1 fully saturated rings. The first-order chi connectivity index (χ1) is 6.88. The van der Waals surface area contributed by atoms with Gasteiger partial charge in [0.25, 0.3) is 0 Å². The maximum Gasteiger partial charge on any atom is 0.183 e. The van der Waals surface area contributed by atoms with Crippen LogP contribution >= 0.6 is 11.3 Å². The minimum Gasteiger partial charge on any atom is -0.390 e. The number of rotatable bonds is 3. The molecule has 5 heteroatoms. The van der Waals surface area contributed by atoms with E-state index in [1.165, 1.54) is 0 Å². The van der Waals surface area contributed by atoms with Crippen LogP contribution in [0.1, 0.15) is 18.5 Å². The minimum absolute atomic E-state index is 0.0198. The molecule has 0 radical (unpaired) electrons. The van der Waals surface area contributed by atoms with Gasteiger partial charge in [0.1, 0.15) is 0 Å². The van der Waals surface area contributed by atoms with Crippen LogP contribution in [0, 0.1) is 0 Å². The van der Waals surface area contributed by atoms with E-state index in [1.807, 2.05) is 5.38 Å². The molecule has 0 saturated carbocycles. The average molecular weight is 214 g/mol. The first kappa shape index (κ1) is 9.89. The summed E-state index contributed by atoms with van der Waals surface area (Å²) in [5.41, 5.74) is 0.740. The molecule has 0 aromatic carbocycles. The number of anilines is 1. The van der Waals surface area contributed by atoms with E-state index in [0.29, 0.717) is 6.04 Å². The van der Waals surface area contributed by atoms with Crippen molar-refractivity contribution in [2.75, 3.05) is 18.5 Å². The van der Waals surface area contributed by atoms with Crippen LogP contribution in [0.3, 0.4) is 0 Å². The first-order valence-electron chi connectivity index (χ1n) is 4.78. The zero-order valence-corrected chi connectivity index (χ0v) is 8.72. The second kappa shape index (κ2) is 4.72. The Morgan fingerprint density at radius 1 is 1.57 bits per heavy atom. The molecular weight excluding hydrogens is 200 g/mol. The van der Waals surface area contributed by atoms with Crippen molar-refractivity contribution in [3.63, 3.8) is 0 Å². The van der Waals surface area contributed by atoms with Crippen molar-refractivity contribution in [2.45, 2.75) is 25.5 Å². The van der Waals surface area contributed by atoms with Gasteiger partial charge in [0, 0.05) is 24.6 Å². The Kier molecular flexibility index (Phi) is 3.34.